The Bertz CT molecular complexity index is 611. The zero-order chi connectivity index (χ0) is 16.1. The van der Waals surface area contributed by atoms with Gasteiger partial charge in [-0.1, -0.05) is 32.9 Å². The van der Waals surface area contributed by atoms with Crippen molar-refractivity contribution in [1.82, 2.24) is 4.90 Å². The van der Waals surface area contributed by atoms with Crippen LogP contribution in [0.1, 0.15) is 51.7 Å². The van der Waals surface area contributed by atoms with Gasteiger partial charge in [0.15, 0.2) is 0 Å². The molecule has 126 valence electrons. The van der Waals surface area contributed by atoms with Crippen LogP contribution < -0.4 is 5.73 Å². The van der Waals surface area contributed by atoms with Gasteiger partial charge in [-0.25, -0.2) is 4.99 Å². The van der Waals surface area contributed by atoms with Crippen molar-refractivity contribution < 1.29 is 4.79 Å². The van der Waals surface area contributed by atoms with Crippen LogP contribution in [-0.2, 0) is 4.79 Å². The second-order valence-corrected chi connectivity index (χ2v) is 5.80. The summed E-state index contributed by atoms with van der Waals surface area (Å²) in [4.78, 5) is 19.2. The lowest BCUT2D eigenvalue weighted by Gasteiger charge is -2.22. The number of amides is 1. The molecule has 1 aliphatic heterocycles. The Morgan fingerprint density at radius 2 is 1.91 bits per heavy atom. The molecular formula is C19H29N3O. The molecule has 23 heavy (non-hydrogen) atoms. The summed E-state index contributed by atoms with van der Waals surface area (Å²) in [5.74, 6) is 0.575. The van der Waals surface area contributed by atoms with Crippen LogP contribution in [0.15, 0.2) is 28.8 Å². The maximum absolute atomic E-state index is 12.8. The van der Waals surface area contributed by atoms with E-state index < -0.39 is 0 Å². The molecule has 0 unspecified atom stereocenters. The van der Waals surface area contributed by atoms with E-state index in [0.717, 1.165) is 48.3 Å². The summed E-state index contributed by atoms with van der Waals surface area (Å²) in [6, 6.07) is 6.02. The van der Waals surface area contributed by atoms with Crippen molar-refractivity contribution >= 4 is 23.5 Å². The van der Waals surface area contributed by atoms with Crippen LogP contribution in [0.5, 0.6) is 0 Å². The highest BCUT2D eigenvalue weighted by molar-refractivity contribution is 6.05. The smallest absolute Gasteiger partial charge is 0.250 e. The Labute approximate surface area is 140 Å². The van der Waals surface area contributed by atoms with Crippen LogP contribution in [0, 0.1) is 6.92 Å². The summed E-state index contributed by atoms with van der Waals surface area (Å²) in [6.45, 7) is 7.77. The number of hydrogen-bond acceptors (Lipinski definition) is 3. The maximum Gasteiger partial charge on any atom is 0.250 e. The van der Waals surface area contributed by atoms with Gasteiger partial charge in [-0.3, -0.25) is 4.79 Å². The van der Waals surface area contributed by atoms with Crippen molar-refractivity contribution in [3.63, 3.8) is 0 Å². The monoisotopic (exact) mass is 315 g/mol. The first-order valence-electron chi connectivity index (χ1n) is 7.98. The lowest BCUT2D eigenvalue weighted by molar-refractivity contribution is -0.127. The van der Waals surface area contributed by atoms with E-state index in [2.05, 4.69) is 24.9 Å². The van der Waals surface area contributed by atoms with E-state index in [1.807, 2.05) is 30.0 Å². The number of fused-ring (bicyclic) bond motifs is 1. The quantitative estimate of drug-likeness (QED) is 0.891. The van der Waals surface area contributed by atoms with Crippen LogP contribution in [0.25, 0.3) is 6.08 Å². The number of amidine groups is 1. The topological polar surface area (TPSA) is 58.7 Å². The first-order chi connectivity index (χ1) is 10.5. The molecule has 0 aromatic heterocycles. The van der Waals surface area contributed by atoms with E-state index in [1.54, 1.807) is 0 Å². The van der Waals surface area contributed by atoms with Gasteiger partial charge in [-0.05, 0) is 38.0 Å². The van der Waals surface area contributed by atoms with Crippen molar-refractivity contribution in [2.45, 2.75) is 47.5 Å². The average Bonchev–Trinajstić information content (AvgIpc) is 2.64. The highest BCUT2D eigenvalue weighted by Gasteiger charge is 2.20. The van der Waals surface area contributed by atoms with Crippen LogP contribution in [-0.4, -0.2) is 29.7 Å². The van der Waals surface area contributed by atoms with Crippen molar-refractivity contribution in [2.24, 2.45) is 10.7 Å². The number of aliphatic imine (C=N–C) groups is 1. The Kier molecular flexibility index (Phi) is 7.01. The molecule has 1 aliphatic rings. The van der Waals surface area contributed by atoms with E-state index >= 15 is 0 Å². The largest absolute Gasteiger partial charge is 0.387 e. The number of nitrogens with two attached hydrogens (primary N) is 1. The minimum atomic E-state index is 0. The molecule has 0 spiro atoms. The van der Waals surface area contributed by atoms with Crippen LogP contribution in [0.2, 0.25) is 0 Å². The lowest BCUT2D eigenvalue weighted by atomic mass is 10.0. The molecule has 0 atom stereocenters. The fourth-order valence-corrected chi connectivity index (χ4v) is 2.71. The number of rotatable bonds is 5. The highest BCUT2D eigenvalue weighted by Crippen LogP contribution is 2.28. The summed E-state index contributed by atoms with van der Waals surface area (Å²) in [5.41, 5.74) is 9.69. The second-order valence-electron chi connectivity index (χ2n) is 5.80. The number of hydrogen-bond donors (Lipinski definition) is 1. The van der Waals surface area contributed by atoms with E-state index in [-0.39, 0.29) is 13.3 Å². The molecule has 0 saturated heterocycles. The minimum absolute atomic E-state index is 0. The molecule has 0 fully saturated rings. The predicted molar refractivity (Wildman–Crippen MR) is 98.9 cm³/mol. The second kappa shape index (κ2) is 8.51. The number of aryl methyl sites for hydroxylation is 1. The Morgan fingerprint density at radius 1 is 1.26 bits per heavy atom. The van der Waals surface area contributed by atoms with E-state index in [1.165, 1.54) is 0 Å². The summed E-state index contributed by atoms with van der Waals surface area (Å²) in [5, 5.41) is 0. The van der Waals surface area contributed by atoms with Gasteiger partial charge in [0.2, 0.25) is 5.91 Å². The van der Waals surface area contributed by atoms with Gasteiger partial charge in [0.25, 0.3) is 0 Å². The van der Waals surface area contributed by atoms with E-state index in [0.29, 0.717) is 12.3 Å². The van der Waals surface area contributed by atoms with Gasteiger partial charge in [0, 0.05) is 30.6 Å². The molecule has 1 aromatic rings. The Balaban J connectivity index is 0.00000264. The molecule has 0 saturated carbocycles. The van der Waals surface area contributed by atoms with Crippen LogP contribution >= 0.6 is 0 Å². The molecule has 1 heterocycles. The zero-order valence-electron chi connectivity index (χ0n) is 13.7. The van der Waals surface area contributed by atoms with Gasteiger partial charge >= 0.3 is 0 Å². The fraction of sp³-hybridized carbons (Fsp3) is 0.474. The first kappa shape index (κ1) is 18.9. The molecular weight excluding hydrogens is 286 g/mol. The Hall–Kier alpha value is -2.10. The maximum atomic E-state index is 12.8. The van der Waals surface area contributed by atoms with Crippen LogP contribution in [0.4, 0.5) is 5.69 Å². The van der Waals surface area contributed by atoms with E-state index in [9.17, 15) is 4.79 Å². The molecule has 2 rings (SSSR count). The van der Waals surface area contributed by atoms with E-state index in [4.69, 9.17) is 5.73 Å². The average molecular weight is 315 g/mol. The number of carbonyl (C=O) groups excluding carboxylic acids is 1. The van der Waals surface area contributed by atoms with Gasteiger partial charge in [-0.15, -0.1) is 0 Å². The minimum Gasteiger partial charge on any atom is -0.387 e. The fourth-order valence-electron chi connectivity index (χ4n) is 2.71. The zero-order valence-corrected chi connectivity index (χ0v) is 13.7. The molecule has 1 aromatic carbocycles. The SMILES string of the molecule is C.CCCN(CCC)C(=O)C1=Cc2cc(C)ccc2N=C(N)C1. The van der Waals surface area contributed by atoms with Crippen molar-refractivity contribution in [1.29, 1.82) is 0 Å². The number of benzene rings is 1. The molecule has 1 amide bonds. The van der Waals surface area contributed by atoms with Crippen molar-refractivity contribution in [2.75, 3.05) is 13.1 Å². The third-order valence-corrected chi connectivity index (χ3v) is 3.70. The molecule has 0 aliphatic carbocycles. The van der Waals surface area contributed by atoms with Crippen LogP contribution in [0.3, 0.4) is 0 Å². The molecule has 4 nitrogen and oxygen atoms in total. The molecule has 4 heteroatoms. The highest BCUT2D eigenvalue weighted by atomic mass is 16.2. The van der Waals surface area contributed by atoms with Gasteiger partial charge in [0.05, 0.1) is 5.69 Å². The third-order valence-electron chi connectivity index (χ3n) is 3.70. The molecule has 2 N–H and O–H groups in total. The predicted octanol–water partition coefficient (Wildman–Crippen LogP) is 4.06. The molecule has 0 bridgehead atoms. The van der Waals surface area contributed by atoms with Crippen molar-refractivity contribution in [3.8, 4) is 0 Å². The summed E-state index contributed by atoms with van der Waals surface area (Å²) < 4.78 is 0. The first-order valence-corrected chi connectivity index (χ1v) is 7.98. The van der Waals surface area contributed by atoms with Gasteiger partial charge < -0.3 is 10.6 Å². The molecule has 0 radical (unpaired) electrons. The summed E-state index contributed by atoms with van der Waals surface area (Å²) >= 11 is 0. The number of carbonyl (C=O) groups is 1. The van der Waals surface area contributed by atoms with Gasteiger partial charge in [0.1, 0.15) is 5.84 Å². The standard InChI is InChI=1S/C18H25N3O.CH4/c1-4-8-21(9-5-2)18(22)15-11-14-10-13(3)6-7-16(14)20-17(19)12-15;/h6-7,10-11H,4-5,8-9,12H2,1-3H3,(H2,19,20);1H4. The number of nitrogens with zero attached hydrogens (tertiary/aromatic N) is 2. The summed E-state index contributed by atoms with van der Waals surface area (Å²) in [6.07, 6.45) is 4.28. The normalized spacial score (nSPS) is 13.2. The Morgan fingerprint density at radius 3 is 2.52 bits per heavy atom. The summed E-state index contributed by atoms with van der Waals surface area (Å²) in [7, 11) is 0. The van der Waals surface area contributed by atoms with Gasteiger partial charge in [-0.2, -0.15) is 0 Å². The third kappa shape index (κ3) is 4.68. The lowest BCUT2D eigenvalue weighted by Crippen LogP contribution is -2.34. The van der Waals surface area contributed by atoms with Crippen molar-refractivity contribution in [3.05, 3.63) is 34.9 Å².